The van der Waals surface area contributed by atoms with Crippen LogP contribution in [0.25, 0.3) is 10.9 Å². The summed E-state index contributed by atoms with van der Waals surface area (Å²) < 4.78 is 23.0. The largest absolute Gasteiger partial charge is 0.497 e. The van der Waals surface area contributed by atoms with Crippen molar-refractivity contribution in [3.05, 3.63) is 53.9 Å². The summed E-state index contributed by atoms with van der Waals surface area (Å²) in [6, 6.07) is 11.9. The minimum Gasteiger partial charge on any atom is -0.497 e. The number of carbonyl (C=O) groups excluding carboxylic acids is 1. The average Bonchev–Trinajstić information content (AvgIpc) is 3.67. The topological polar surface area (TPSA) is 104 Å². The molecule has 176 valence electrons. The molecule has 9 heteroatoms. The number of anilines is 1. The summed E-state index contributed by atoms with van der Waals surface area (Å²) in [6.07, 6.45) is 2.70. The normalized spacial score (nSPS) is 25.9. The minimum absolute atomic E-state index is 0.0254. The monoisotopic (exact) mass is 462 g/mol. The van der Waals surface area contributed by atoms with E-state index in [4.69, 9.17) is 18.9 Å². The third kappa shape index (κ3) is 4.18. The van der Waals surface area contributed by atoms with E-state index in [2.05, 4.69) is 32.7 Å². The first-order chi connectivity index (χ1) is 16.7. The molecule has 3 aromatic rings. The van der Waals surface area contributed by atoms with E-state index in [1.807, 2.05) is 30.5 Å². The Morgan fingerprint density at radius 1 is 1.18 bits per heavy atom. The molecular formula is C25H26N4O5. The fourth-order valence-corrected chi connectivity index (χ4v) is 4.70. The summed E-state index contributed by atoms with van der Waals surface area (Å²) in [5.41, 5.74) is 3.06. The fraction of sp³-hybridized carbons (Fsp3) is 0.400. The number of ether oxygens (including phenoxy) is 4. The molecule has 2 unspecified atom stereocenters. The Morgan fingerprint density at radius 2 is 2.06 bits per heavy atom. The van der Waals surface area contributed by atoms with Crippen LogP contribution >= 0.6 is 0 Å². The highest BCUT2D eigenvalue weighted by molar-refractivity contribution is 5.94. The number of aromatic nitrogens is 2. The molecule has 1 saturated carbocycles. The fourth-order valence-electron chi connectivity index (χ4n) is 4.70. The lowest BCUT2D eigenvalue weighted by Gasteiger charge is -2.30. The number of benzene rings is 1. The molecule has 0 spiro atoms. The molecule has 2 atom stereocenters. The second kappa shape index (κ2) is 8.83. The summed E-state index contributed by atoms with van der Waals surface area (Å²) in [4.78, 5) is 20.5. The van der Waals surface area contributed by atoms with Crippen molar-refractivity contribution in [2.75, 3.05) is 32.2 Å². The van der Waals surface area contributed by atoms with Crippen molar-refractivity contribution < 1.29 is 23.7 Å². The van der Waals surface area contributed by atoms with Gasteiger partial charge in [-0.05, 0) is 54.3 Å². The number of hydrogen-bond donors (Lipinski definition) is 2. The highest BCUT2D eigenvalue weighted by atomic mass is 16.7. The van der Waals surface area contributed by atoms with E-state index in [9.17, 15) is 4.79 Å². The van der Waals surface area contributed by atoms with E-state index in [1.54, 1.807) is 7.11 Å². The number of hydrogen-bond acceptors (Lipinski definition) is 8. The Labute approximate surface area is 196 Å². The molecule has 0 bridgehead atoms. The second-order valence-electron chi connectivity index (χ2n) is 8.89. The second-order valence-corrected chi connectivity index (χ2v) is 8.89. The van der Waals surface area contributed by atoms with Crippen molar-refractivity contribution in [3.8, 4) is 11.5 Å². The third-order valence-electron chi connectivity index (χ3n) is 6.60. The minimum atomic E-state index is -0.203. The van der Waals surface area contributed by atoms with Gasteiger partial charge < -0.3 is 29.6 Å². The van der Waals surface area contributed by atoms with Gasteiger partial charge in [0.2, 0.25) is 0 Å². The van der Waals surface area contributed by atoms with Gasteiger partial charge in [-0.15, -0.1) is 0 Å². The van der Waals surface area contributed by atoms with Crippen LogP contribution < -0.4 is 20.1 Å². The molecule has 2 aromatic heterocycles. The van der Waals surface area contributed by atoms with E-state index in [0.29, 0.717) is 43.2 Å². The van der Waals surface area contributed by atoms with E-state index >= 15 is 0 Å². The molecule has 2 aliphatic heterocycles. The molecule has 2 N–H and O–H groups in total. The van der Waals surface area contributed by atoms with Gasteiger partial charge in [0, 0.05) is 24.0 Å². The lowest BCUT2D eigenvalue weighted by Crippen LogP contribution is -2.45. The number of rotatable bonds is 6. The van der Waals surface area contributed by atoms with Gasteiger partial charge >= 0.3 is 0 Å². The zero-order chi connectivity index (χ0) is 23.1. The van der Waals surface area contributed by atoms with Crippen LogP contribution in [0.2, 0.25) is 0 Å². The van der Waals surface area contributed by atoms with Crippen molar-refractivity contribution in [2.24, 2.45) is 5.92 Å². The van der Waals surface area contributed by atoms with E-state index in [1.165, 1.54) is 5.56 Å². The van der Waals surface area contributed by atoms with Gasteiger partial charge in [0.15, 0.2) is 24.5 Å². The maximum Gasteiger partial charge on any atom is 0.263 e. The van der Waals surface area contributed by atoms with Gasteiger partial charge in [-0.1, -0.05) is 0 Å². The first-order valence-electron chi connectivity index (χ1n) is 11.5. The molecule has 34 heavy (non-hydrogen) atoms. The molecule has 9 nitrogen and oxygen atoms in total. The zero-order valence-corrected chi connectivity index (χ0v) is 18.8. The summed E-state index contributed by atoms with van der Waals surface area (Å²) in [5, 5.41) is 7.29. The molecule has 2 fully saturated rings. The number of fused-ring (bicyclic) bond motifs is 2. The van der Waals surface area contributed by atoms with Crippen LogP contribution in [-0.4, -0.2) is 55.1 Å². The van der Waals surface area contributed by atoms with Crippen LogP contribution in [0.3, 0.4) is 0 Å². The van der Waals surface area contributed by atoms with Crippen molar-refractivity contribution in [1.82, 2.24) is 15.3 Å². The van der Waals surface area contributed by atoms with Crippen molar-refractivity contribution in [3.63, 3.8) is 0 Å². The lowest BCUT2D eigenvalue weighted by molar-refractivity contribution is -0.200. The maximum atomic E-state index is 11.5. The molecule has 1 aliphatic carbocycles. The molecule has 1 aromatic carbocycles. The van der Waals surface area contributed by atoms with Crippen molar-refractivity contribution in [1.29, 1.82) is 0 Å². The molecule has 1 amide bonds. The van der Waals surface area contributed by atoms with Crippen LogP contribution in [0.1, 0.15) is 23.6 Å². The number of nitrogens with one attached hydrogen (secondary N) is 2. The van der Waals surface area contributed by atoms with Gasteiger partial charge in [0.1, 0.15) is 5.75 Å². The van der Waals surface area contributed by atoms with Gasteiger partial charge in [0.25, 0.3) is 5.91 Å². The molecule has 4 heterocycles. The standard InChI is InChI=1S/C25H26N4O5/c1-31-16-3-4-21-19(8-16)17(6-7-26-21)18-9-20(18)25-33-11-15(12-34-25)27-10-14-2-5-22-24(28-14)29-23(30)13-32-22/h2-8,15,18,20,25,27H,9-13H2,1H3,(H,28,29,30). The Morgan fingerprint density at radius 3 is 2.91 bits per heavy atom. The number of nitrogens with zero attached hydrogens (tertiary/aromatic N) is 2. The summed E-state index contributed by atoms with van der Waals surface area (Å²) in [7, 11) is 1.68. The highest BCUT2D eigenvalue weighted by Gasteiger charge is 2.47. The smallest absolute Gasteiger partial charge is 0.263 e. The molecular weight excluding hydrogens is 436 g/mol. The predicted octanol–water partition coefficient (Wildman–Crippen LogP) is 2.60. The predicted molar refractivity (Wildman–Crippen MR) is 124 cm³/mol. The van der Waals surface area contributed by atoms with Gasteiger partial charge in [-0.25, -0.2) is 4.98 Å². The van der Waals surface area contributed by atoms with Crippen molar-refractivity contribution >= 4 is 22.6 Å². The van der Waals surface area contributed by atoms with E-state index in [-0.39, 0.29) is 24.8 Å². The molecule has 3 aliphatic rings. The lowest BCUT2D eigenvalue weighted by atomic mass is 10.0. The quantitative estimate of drug-likeness (QED) is 0.576. The average molecular weight is 463 g/mol. The van der Waals surface area contributed by atoms with Gasteiger partial charge in [-0.2, -0.15) is 0 Å². The van der Waals surface area contributed by atoms with Gasteiger partial charge in [-0.3, -0.25) is 9.78 Å². The Bertz CT molecular complexity index is 1230. The molecule has 6 rings (SSSR count). The van der Waals surface area contributed by atoms with Crippen LogP contribution in [0, 0.1) is 5.92 Å². The van der Waals surface area contributed by atoms with Crippen LogP contribution in [-0.2, 0) is 20.8 Å². The van der Waals surface area contributed by atoms with Crippen LogP contribution in [0.4, 0.5) is 5.82 Å². The van der Waals surface area contributed by atoms with Crippen LogP contribution in [0.15, 0.2) is 42.6 Å². The summed E-state index contributed by atoms with van der Waals surface area (Å²) in [5.74, 6) is 2.43. The summed E-state index contributed by atoms with van der Waals surface area (Å²) >= 11 is 0. The zero-order valence-electron chi connectivity index (χ0n) is 18.8. The van der Waals surface area contributed by atoms with Crippen LogP contribution in [0.5, 0.6) is 11.5 Å². The third-order valence-corrected chi connectivity index (χ3v) is 6.60. The molecule has 0 radical (unpaired) electrons. The Kier molecular flexibility index (Phi) is 5.52. The SMILES string of the molecule is COc1ccc2nccc(C3CC3C3OCC(NCc4ccc5c(n4)NC(=O)CO5)CO3)c2c1. The highest BCUT2D eigenvalue weighted by Crippen LogP contribution is 2.52. The van der Waals surface area contributed by atoms with Gasteiger partial charge in [0.05, 0.1) is 37.6 Å². The van der Waals surface area contributed by atoms with Crippen molar-refractivity contribution in [2.45, 2.75) is 31.2 Å². The number of amides is 1. The Balaban J connectivity index is 1.04. The first-order valence-corrected chi connectivity index (χ1v) is 11.5. The summed E-state index contributed by atoms with van der Waals surface area (Å²) in [6.45, 7) is 1.72. The molecule has 1 saturated heterocycles. The first kappa shape index (κ1) is 21.3. The van der Waals surface area contributed by atoms with E-state index in [0.717, 1.165) is 28.8 Å². The number of carbonyl (C=O) groups is 1. The number of pyridine rings is 2. The number of methoxy groups -OCH3 is 1. The maximum absolute atomic E-state index is 11.5. The Hall–Kier alpha value is -3.27. The van der Waals surface area contributed by atoms with E-state index < -0.39 is 0 Å².